The van der Waals surface area contributed by atoms with Gasteiger partial charge in [-0.25, -0.2) is 0 Å². The van der Waals surface area contributed by atoms with Crippen molar-refractivity contribution >= 4 is 22.5 Å². The predicted octanol–water partition coefficient (Wildman–Crippen LogP) is 5.11. The molecule has 0 unspecified atom stereocenters. The highest BCUT2D eigenvalue weighted by Gasteiger charge is 2.08. The number of rotatable bonds is 4. The van der Waals surface area contributed by atoms with Gasteiger partial charge in [0.05, 0.1) is 11.2 Å². The minimum Gasteiger partial charge on any atom is -0.322 e. The van der Waals surface area contributed by atoms with Crippen LogP contribution >= 0.6 is 0 Å². The summed E-state index contributed by atoms with van der Waals surface area (Å²) in [6.07, 6.45) is 4.62. The first-order valence-electron chi connectivity index (χ1n) is 8.94. The Labute approximate surface area is 157 Å². The number of hydrogen-bond donors (Lipinski definition) is 1. The molecule has 2 aromatic heterocycles. The lowest BCUT2D eigenvalue weighted by Crippen LogP contribution is -2.11. The van der Waals surface area contributed by atoms with Crippen molar-refractivity contribution in [1.29, 1.82) is 0 Å². The minimum absolute atomic E-state index is 0.140. The Morgan fingerprint density at radius 3 is 2.56 bits per heavy atom. The van der Waals surface area contributed by atoms with Crippen LogP contribution in [0.15, 0.2) is 79.1 Å². The number of anilines is 1. The fraction of sp³-hybridized carbons (Fsp3) is 0.0870. The first-order chi connectivity index (χ1) is 13.2. The highest BCUT2D eigenvalue weighted by molar-refractivity contribution is 6.05. The molecule has 27 heavy (non-hydrogen) atoms. The maximum absolute atomic E-state index is 12.5. The monoisotopic (exact) mass is 353 g/mol. The minimum atomic E-state index is -0.140. The van der Waals surface area contributed by atoms with Crippen molar-refractivity contribution in [3.8, 4) is 11.3 Å². The Morgan fingerprint density at radius 1 is 0.963 bits per heavy atom. The molecule has 0 bridgehead atoms. The van der Waals surface area contributed by atoms with Gasteiger partial charge in [0.15, 0.2) is 0 Å². The first kappa shape index (κ1) is 16.9. The van der Waals surface area contributed by atoms with Crippen LogP contribution in [-0.2, 0) is 6.42 Å². The van der Waals surface area contributed by atoms with E-state index in [1.54, 1.807) is 6.20 Å². The van der Waals surface area contributed by atoms with Gasteiger partial charge in [-0.2, -0.15) is 0 Å². The van der Waals surface area contributed by atoms with Gasteiger partial charge in [-0.05, 0) is 54.4 Å². The average Bonchev–Trinajstić information content (AvgIpc) is 2.74. The Balaban J connectivity index is 1.51. The van der Waals surface area contributed by atoms with E-state index in [2.05, 4.69) is 28.3 Å². The first-order valence-corrected chi connectivity index (χ1v) is 8.94. The molecule has 4 aromatic rings. The molecule has 1 amide bonds. The van der Waals surface area contributed by atoms with Gasteiger partial charge >= 0.3 is 0 Å². The maximum atomic E-state index is 12.5. The molecular formula is C23H19N3O. The van der Waals surface area contributed by atoms with Crippen LogP contribution < -0.4 is 5.32 Å². The molecule has 0 aliphatic carbocycles. The zero-order valence-corrected chi connectivity index (χ0v) is 15.0. The molecule has 4 heteroatoms. The third-order valence-corrected chi connectivity index (χ3v) is 4.54. The molecule has 0 aliphatic heterocycles. The molecule has 4 rings (SSSR count). The van der Waals surface area contributed by atoms with Crippen molar-refractivity contribution in [2.75, 3.05) is 5.32 Å². The highest BCUT2D eigenvalue weighted by atomic mass is 16.1. The van der Waals surface area contributed by atoms with E-state index in [9.17, 15) is 4.79 Å². The van der Waals surface area contributed by atoms with Gasteiger partial charge in [0.1, 0.15) is 0 Å². The molecule has 2 heterocycles. The number of nitrogens with one attached hydrogen (secondary N) is 1. The van der Waals surface area contributed by atoms with E-state index in [0.717, 1.165) is 34.3 Å². The fourth-order valence-corrected chi connectivity index (χ4v) is 2.95. The molecule has 0 saturated carbocycles. The van der Waals surface area contributed by atoms with E-state index < -0.39 is 0 Å². The molecule has 0 radical (unpaired) electrons. The maximum Gasteiger partial charge on any atom is 0.255 e. The highest BCUT2D eigenvalue weighted by Crippen LogP contribution is 2.20. The van der Waals surface area contributed by atoms with Gasteiger partial charge in [0, 0.05) is 34.6 Å². The van der Waals surface area contributed by atoms with Crippen molar-refractivity contribution in [3.05, 3.63) is 90.3 Å². The number of amides is 1. The van der Waals surface area contributed by atoms with Crippen LogP contribution in [0.1, 0.15) is 22.8 Å². The van der Waals surface area contributed by atoms with Gasteiger partial charge in [-0.3, -0.25) is 14.8 Å². The molecule has 132 valence electrons. The number of fused-ring (bicyclic) bond motifs is 1. The summed E-state index contributed by atoms with van der Waals surface area (Å²) < 4.78 is 0. The largest absolute Gasteiger partial charge is 0.322 e. The molecule has 0 aliphatic rings. The second-order valence-corrected chi connectivity index (χ2v) is 6.35. The van der Waals surface area contributed by atoms with Crippen LogP contribution in [0.3, 0.4) is 0 Å². The quantitative estimate of drug-likeness (QED) is 0.554. The summed E-state index contributed by atoms with van der Waals surface area (Å²) in [5.74, 6) is -0.140. The summed E-state index contributed by atoms with van der Waals surface area (Å²) in [7, 11) is 0. The van der Waals surface area contributed by atoms with Crippen molar-refractivity contribution < 1.29 is 4.79 Å². The van der Waals surface area contributed by atoms with Crippen LogP contribution in [0.4, 0.5) is 5.69 Å². The summed E-state index contributed by atoms with van der Waals surface area (Å²) in [5.41, 5.74) is 5.37. The lowest BCUT2D eigenvalue weighted by atomic mass is 10.1. The van der Waals surface area contributed by atoms with Crippen molar-refractivity contribution in [1.82, 2.24) is 9.97 Å². The van der Waals surface area contributed by atoms with Crippen molar-refractivity contribution in [2.24, 2.45) is 0 Å². The molecule has 2 aromatic carbocycles. The smallest absolute Gasteiger partial charge is 0.255 e. The summed E-state index contributed by atoms with van der Waals surface area (Å²) in [6.45, 7) is 2.11. The van der Waals surface area contributed by atoms with Crippen LogP contribution in [0.25, 0.3) is 22.2 Å². The summed E-state index contributed by atoms with van der Waals surface area (Å²) in [6, 6.07) is 21.1. The Hall–Kier alpha value is -3.53. The van der Waals surface area contributed by atoms with Crippen LogP contribution in [0.2, 0.25) is 0 Å². The summed E-state index contributed by atoms with van der Waals surface area (Å²) in [4.78, 5) is 21.3. The molecule has 4 nitrogen and oxygen atoms in total. The fourth-order valence-electron chi connectivity index (χ4n) is 2.95. The number of carbonyl (C=O) groups is 1. The van der Waals surface area contributed by atoms with Gasteiger partial charge < -0.3 is 5.32 Å². The van der Waals surface area contributed by atoms with E-state index in [1.807, 2.05) is 66.9 Å². The number of aromatic nitrogens is 2. The Morgan fingerprint density at radius 2 is 1.81 bits per heavy atom. The molecule has 0 fully saturated rings. The standard InChI is InChI=1S/C23H19N3O/c1-2-16-5-11-21(25-15-16)17-6-8-18(9-7-17)23(27)26-20-10-12-22-19(14-20)4-3-13-24-22/h3-15H,2H2,1H3,(H,26,27). The zero-order chi connectivity index (χ0) is 18.6. The second-order valence-electron chi connectivity index (χ2n) is 6.35. The van der Waals surface area contributed by atoms with Crippen LogP contribution in [0, 0.1) is 0 Å². The van der Waals surface area contributed by atoms with E-state index in [1.165, 1.54) is 5.56 Å². The lowest BCUT2D eigenvalue weighted by Gasteiger charge is -2.07. The van der Waals surface area contributed by atoms with E-state index in [0.29, 0.717) is 5.56 Å². The second kappa shape index (κ2) is 7.38. The normalized spacial score (nSPS) is 10.7. The average molecular weight is 353 g/mol. The number of aryl methyl sites for hydroxylation is 1. The molecular weight excluding hydrogens is 334 g/mol. The number of carbonyl (C=O) groups excluding carboxylic acids is 1. The number of pyridine rings is 2. The molecule has 1 N–H and O–H groups in total. The van der Waals surface area contributed by atoms with Crippen LogP contribution in [-0.4, -0.2) is 15.9 Å². The van der Waals surface area contributed by atoms with E-state index >= 15 is 0 Å². The van der Waals surface area contributed by atoms with Gasteiger partial charge in [-0.1, -0.05) is 31.2 Å². The third-order valence-electron chi connectivity index (χ3n) is 4.54. The van der Waals surface area contributed by atoms with Crippen molar-refractivity contribution in [2.45, 2.75) is 13.3 Å². The number of nitrogens with zero attached hydrogens (tertiary/aromatic N) is 2. The predicted molar refractivity (Wildman–Crippen MR) is 109 cm³/mol. The summed E-state index contributed by atoms with van der Waals surface area (Å²) in [5, 5.41) is 3.94. The number of benzene rings is 2. The van der Waals surface area contributed by atoms with Gasteiger partial charge in [0.25, 0.3) is 5.91 Å². The zero-order valence-electron chi connectivity index (χ0n) is 15.0. The van der Waals surface area contributed by atoms with Gasteiger partial charge in [0.2, 0.25) is 0 Å². The number of hydrogen-bond acceptors (Lipinski definition) is 3. The third kappa shape index (κ3) is 3.70. The van der Waals surface area contributed by atoms with Crippen LogP contribution in [0.5, 0.6) is 0 Å². The molecule has 0 atom stereocenters. The molecule has 0 saturated heterocycles. The lowest BCUT2D eigenvalue weighted by molar-refractivity contribution is 0.102. The Kier molecular flexibility index (Phi) is 4.62. The van der Waals surface area contributed by atoms with Gasteiger partial charge in [-0.15, -0.1) is 0 Å². The van der Waals surface area contributed by atoms with Crippen molar-refractivity contribution in [3.63, 3.8) is 0 Å². The molecule has 0 spiro atoms. The topological polar surface area (TPSA) is 54.9 Å². The van der Waals surface area contributed by atoms with E-state index in [4.69, 9.17) is 0 Å². The Bertz CT molecular complexity index is 1090. The summed E-state index contributed by atoms with van der Waals surface area (Å²) >= 11 is 0. The van der Waals surface area contributed by atoms with E-state index in [-0.39, 0.29) is 5.91 Å². The SMILES string of the molecule is CCc1ccc(-c2ccc(C(=O)Nc3ccc4ncccc4c3)cc2)nc1.